The van der Waals surface area contributed by atoms with Crippen molar-refractivity contribution in [2.24, 2.45) is 7.05 Å². The Morgan fingerprint density at radius 2 is 1.69 bits per heavy atom. The number of aliphatic hydroxyl groups is 1. The van der Waals surface area contributed by atoms with Gasteiger partial charge in [-0.25, -0.2) is 0 Å². The predicted molar refractivity (Wildman–Crippen MR) is 171 cm³/mol. The topological polar surface area (TPSA) is 113 Å². The number of para-hydroxylation sites is 1. The number of hydrogen-bond acceptors (Lipinski definition) is 6. The number of aryl methyl sites for hydroxylation is 2. The Kier molecular flexibility index (Phi) is 8.24. The summed E-state index contributed by atoms with van der Waals surface area (Å²) in [5.41, 5.74) is 5.00. The molecule has 0 aliphatic carbocycles. The molecule has 6 rings (SSSR count). The van der Waals surface area contributed by atoms with E-state index in [-0.39, 0.29) is 31.2 Å². The number of nitrogens with one attached hydrogen (secondary N) is 1. The highest BCUT2D eigenvalue weighted by atomic mass is 16.5. The van der Waals surface area contributed by atoms with E-state index in [1.807, 2.05) is 66.2 Å². The summed E-state index contributed by atoms with van der Waals surface area (Å²) < 4.78 is 13.0. The SMILES string of the molecule is CCc1ccccc1CN1C(=O)C(NC(=O)C2CC(O)CN2C(=O)c2cn(C)c3ccccc23)Cc2cc(OC)c(OC)cc21. The molecule has 1 fully saturated rings. The second-order valence-electron chi connectivity index (χ2n) is 11.7. The molecule has 2 aliphatic heterocycles. The number of benzene rings is 3. The van der Waals surface area contributed by atoms with Crippen LogP contribution in [-0.2, 0) is 36.0 Å². The third-order valence-electron chi connectivity index (χ3n) is 8.98. The summed E-state index contributed by atoms with van der Waals surface area (Å²) in [5, 5.41) is 14.3. The summed E-state index contributed by atoms with van der Waals surface area (Å²) in [6.45, 7) is 2.41. The van der Waals surface area contributed by atoms with Crippen molar-refractivity contribution >= 4 is 34.3 Å². The van der Waals surface area contributed by atoms with Crippen molar-refractivity contribution < 1.29 is 29.0 Å². The number of methoxy groups -OCH3 is 2. The van der Waals surface area contributed by atoms with Crippen molar-refractivity contribution in [3.63, 3.8) is 0 Å². The number of amides is 3. The van der Waals surface area contributed by atoms with Gasteiger partial charge in [-0.15, -0.1) is 0 Å². The first-order chi connectivity index (χ1) is 21.7. The molecule has 2 aliphatic rings. The Morgan fingerprint density at radius 1 is 1.00 bits per heavy atom. The van der Waals surface area contributed by atoms with Gasteiger partial charge in [-0.3, -0.25) is 14.4 Å². The summed E-state index contributed by atoms with van der Waals surface area (Å²) in [7, 11) is 4.97. The number of nitrogens with zero attached hydrogens (tertiary/aromatic N) is 3. The second kappa shape index (κ2) is 12.3. The van der Waals surface area contributed by atoms with E-state index >= 15 is 0 Å². The van der Waals surface area contributed by atoms with Gasteiger partial charge in [0.25, 0.3) is 5.91 Å². The molecule has 3 unspecified atom stereocenters. The van der Waals surface area contributed by atoms with Crippen molar-refractivity contribution in [1.82, 2.24) is 14.8 Å². The van der Waals surface area contributed by atoms with Crippen LogP contribution in [-0.4, -0.2) is 71.2 Å². The van der Waals surface area contributed by atoms with Crippen LogP contribution in [0.2, 0.25) is 0 Å². The van der Waals surface area contributed by atoms with Gasteiger partial charge in [0.15, 0.2) is 11.5 Å². The zero-order chi connectivity index (χ0) is 31.8. The number of anilines is 1. The van der Waals surface area contributed by atoms with E-state index < -0.39 is 24.1 Å². The van der Waals surface area contributed by atoms with Gasteiger partial charge in [-0.1, -0.05) is 49.4 Å². The van der Waals surface area contributed by atoms with E-state index in [4.69, 9.17) is 9.47 Å². The molecule has 3 aromatic carbocycles. The Balaban J connectivity index is 1.30. The van der Waals surface area contributed by atoms with Crippen molar-refractivity contribution in [3.05, 3.63) is 89.1 Å². The van der Waals surface area contributed by atoms with Gasteiger partial charge >= 0.3 is 0 Å². The molecule has 2 N–H and O–H groups in total. The van der Waals surface area contributed by atoms with Crippen LogP contribution >= 0.6 is 0 Å². The van der Waals surface area contributed by atoms with E-state index in [1.54, 1.807) is 31.4 Å². The normalized spacial score (nSPS) is 19.5. The van der Waals surface area contributed by atoms with Gasteiger partial charge < -0.3 is 34.3 Å². The average molecular weight is 611 g/mol. The number of aliphatic hydroxyl groups excluding tert-OH is 1. The van der Waals surface area contributed by atoms with Crippen LogP contribution in [0.4, 0.5) is 5.69 Å². The van der Waals surface area contributed by atoms with Crippen molar-refractivity contribution in [3.8, 4) is 11.5 Å². The number of carbonyl (C=O) groups excluding carboxylic acids is 3. The van der Waals surface area contributed by atoms with Crippen LogP contribution in [0.5, 0.6) is 11.5 Å². The predicted octanol–water partition coefficient (Wildman–Crippen LogP) is 3.61. The number of ether oxygens (including phenoxy) is 2. The molecule has 0 bridgehead atoms. The van der Waals surface area contributed by atoms with Crippen LogP contribution in [0.15, 0.2) is 66.9 Å². The third kappa shape index (κ3) is 5.50. The molecule has 0 spiro atoms. The van der Waals surface area contributed by atoms with Gasteiger partial charge in [-0.05, 0) is 35.2 Å². The fourth-order valence-corrected chi connectivity index (χ4v) is 6.66. The van der Waals surface area contributed by atoms with Gasteiger partial charge in [0.1, 0.15) is 12.1 Å². The smallest absolute Gasteiger partial charge is 0.256 e. The zero-order valence-corrected chi connectivity index (χ0v) is 25.9. The fraction of sp³-hybridized carbons (Fsp3) is 0.343. The number of hydrogen-bond donors (Lipinski definition) is 2. The molecule has 234 valence electrons. The van der Waals surface area contributed by atoms with Crippen LogP contribution in [0.25, 0.3) is 10.9 Å². The number of likely N-dealkylation sites (tertiary alicyclic amines) is 1. The lowest BCUT2D eigenvalue weighted by Gasteiger charge is -2.36. The van der Waals surface area contributed by atoms with Crippen LogP contribution < -0.4 is 19.7 Å². The van der Waals surface area contributed by atoms with Gasteiger partial charge in [0.05, 0.1) is 38.1 Å². The lowest BCUT2D eigenvalue weighted by atomic mass is 9.94. The lowest BCUT2D eigenvalue weighted by Crippen LogP contribution is -2.56. The summed E-state index contributed by atoms with van der Waals surface area (Å²) in [5.74, 6) is -0.0487. The molecule has 4 aromatic rings. The zero-order valence-electron chi connectivity index (χ0n) is 25.9. The highest BCUT2D eigenvalue weighted by Crippen LogP contribution is 2.39. The van der Waals surface area contributed by atoms with E-state index in [0.717, 1.165) is 34.0 Å². The van der Waals surface area contributed by atoms with E-state index in [2.05, 4.69) is 12.2 Å². The highest BCUT2D eigenvalue weighted by molar-refractivity contribution is 6.09. The van der Waals surface area contributed by atoms with Crippen LogP contribution in [0.3, 0.4) is 0 Å². The standard InChI is InChI=1S/C35H38N4O6/c1-5-21-10-6-7-11-22(21)18-38-29-17-32(45-4)31(44-3)15-23(29)14-27(35(38)43)36-33(41)30-16-24(40)19-39(30)34(42)26-20-37(2)28-13-9-8-12-25(26)28/h6-13,15,17,20,24,27,30,40H,5,14,16,18-19H2,1-4H3,(H,36,41). The molecule has 3 atom stereocenters. The number of carbonyl (C=O) groups is 3. The Morgan fingerprint density at radius 3 is 2.42 bits per heavy atom. The Hall–Kier alpha value is -4.83. The molecule has 1 saturated heterocycles. The van der Waals surface area contributed by atoms with Crippen molar-refractivity contribution in [1.29, 1.82) is 0 Å². The largest absolute Gasteiger partial charge is 0.493 e. The maximum absolute atomic E-state index is 14.2. The fourth-order valence-electron chi connectivity index (χ4n) is 6.66. The molecule has 0 radical (unpaired) electrons. The molecule has 45 heavy (non-hydrogen) atoms. The second-order valence-corrected chi connectivity index (χ2v) is 11.7. The average Bonchev–Trinajstić information content (AvgIpc) is 3.62. The molecule has 10 heteroatoms. The highest BCUT2D eigenvalue weighted by Gasteiger charge is 2.42. The summed E-state index contributed by atoms with van der Waals surface area (Å²) in [4.78, 5) is 45.0. The van der Waals surface area contributed by atoms with E-state index in [1.165, 1.54) is 4.90 Å². The maximum Gasteiger partial charge on any atom is 0.256 e. The van der Waals surface area contributed by atoms with Crippen LogP contribution in [0.1, 0.15) is 40.4 Å². The summed E-state index contributed by atoms with van der Waals surface area (Å²) in [6.07, 6.45) is 2.02. The molecule has 3 amide bonds. The summed E-state index contributed by atoms with van der Waals surface area (Å²) >= 11 is 0. The summed E-state index contributed by atoms with van der Waals surface area (Å²) in [6, 6.07) is 17.4. The first kappa shape index (κ1) is 30.2. The van der Waals surface area contributed by atoms with Gasteiger partial charge in [-0.2, -0.15) is 0 Å². The minimum absolute atomic E-state index is 0.0263. The van der Waals surface area contributed by atoms with Gasteiger partial charge in [0, 0.05) is 49.6 Å². The number of β-amino-alcohol motifs (C(OH)–C–C–N with tert-alkyl or cyclic N) is 1. The quantitative estimate of drug-likeness (QED) is 0.315. The lowest BCUT2D eigenvalue weighted by molar-refractivity contribution is -0.130. The number of aromatic nitrogens is 1. The molecule has 0 saturated carbocycles. The number of fused-ring (bicyclic) bond motifs is 2. The third-order valence-corrected chi connectivity index (χ3v) is 8.98. The molecule has 10 nitrogen and oxygen atoms in total. The molecule has 1 aromatic heterocycles. The minimum atomic E-state index is -0.930. The van der Waals surface area contributed by atoms with Crippen molar-refractivity contribution in [2.45, 2.75) is 50.9 Å². The first-order valence-electron chi connectivity index (χ1n) is 15.2. The monoisotopic (exact) mass is 610 g/mol. The Bertz CT molecular complexity index is 1780. The molecule has 3 heterocycles. The molecular weight excluding hydrogens is 572 g/mol. The molecular formula is C35H38N4O6. The first-order valence-corrected chi connectivity index (χ1v) is 15.2. The van der Waals surface area contributed by atoms with Crippen LogP contribution in [0, 0.1) is 0 Å². The van der Waals surface area contributed by atoms with Crippen molar-refractivity contribution in [2.75, 3.05) is 25.7 Å². The minimum Gasteiger partial charge on any atom is -0.493 e. The maximum atomic E-state index is 14.2. The Labute approximate surface area is 262 Å². The van der Waals surface area contributed by atoms with E-state index in [9.17, 15) is 19.5 Å². The number of rotatable bonds is 8. The van der Waals surface area contributed by atoms with Gasteiger partial charge in [0.2, 0.25) is 11.8 Å². The van der Waals surface area contributed by atoms with E-state index in [0.29, 0.717) is 29.3 Å².